The maximum Gasteiger partial charge on any atom is 0.272 e. The standard InChI is InChI=1S/C40H41Cl2F2N5O4/c41-33-17-28(22-47-13-2-1-10-38(46)50)36(52-23-27-16-26(19-45)20-48-21-27)18-37(33)53-34-12-11-30-29(6-3-7-31(30)34)32-8-4-9-35(39(32)42)51-15-5-14-49-24-40(43,44)25-49/h3-4,6-9,16-18,20-21,34,47H,1-2,5,10-15,22-25H2,(H2,46,50)/t34-/m0/s1. The fourth-order valence-electron chi connectivity index (χ4n) is 6.71. The van der Waals surface area contributed by atoms with Crippen molar-refractivity contribution < 1.29 is 27.8 Å². The fraction of sp³-hybridized carbons (Fsp3) is 0.375. The first kappa shape index (κ1) is 38.3. The molecule has 1 aliphatic heterocycles. The molecule has 9 nitrogen and oxygen atoms in total. The molecule has 0 bridgehead atoms. The first-order valence-electron chi connectivity index (χ1n) is 17.7. The van der Waals surface area contributed by atoms with E-state index in [0.717, 1.165) is 52.6 Å². The van der Waals surface area contributed by atoms with Crippen LogP contribution in [-0.2, 0) is 24.4 Å². The Hall–Kier alpha value is -4.47. The predicted molar refractivity (Wildman–Crippen MR) is 200 cm³/mol. The number of aromatic nitrogens is 1. The van der Waals surface area contributed by atoms with Crippen molar-refractivity contribution in [2.24, 2.45) is 5.73 Å². The average molecular weight is 765 g/mol. The summed E-state index contributed by atoms with van der Waals surface area (Å²) in [6, 6.07) is 19.3. The molecule has 0 unspecified atom stereocenters. The van der Waals surface area contributed by atoms with E-state index in [1.807, 2.05) is 36.4 Å². The molecule has 1 amide bonds. The van der Waals surface area contributed by atoms with Crippen molar-refractivity contribution in [2.45, 2.75) is 63.7 Å². The summed E-state index contributed by atoms with van der Waals surface area (Å²) in [6.45, 7) is 1.86. The number of nitrogens with two attached hydrogens (primary N) is 1. The van der Waals surface area contributed by atoms with E-state index in [1.54, 1.807) is 23.2 Å². The van der Waals surface area contributed by atoms with Crippen LogP contribution in [0.2, 0.25) is 10.0 Å². The van der Waals surface area contributed by atoms with Crippen LogP contribution >= 0.6 is 23.2 Å². The van der Waals surface area contributed by atoms with Gasteiger partial charge in [0.1, 0.15) is 36.0 Å². The Kier molecular flexibility index (Phi) is 12.7. The molecule has 1 saturated heterocycles. The van der Waals surface area contributed by atoms with Gasteiger partial charge in [-0.25, -0.2) is 8.78 Å². The minimum Gasteiger partial charge on any atom is -0.492 e. The van der Waals surface area contributed by atoms with Crippen LogP contribution in [0, 0.1) is 11.3 Å². The second kappa shape index (κ2) is 17.6. The highest BCUT2D eigenvalue weighted by atomic mass is 35.5. The average Bonchev–Trinajstić information content (AvgIpc) is 3.54. The zero-order valence-corrected chi connectivity index (χ0v) is 30.7. The van der Waals surface area contributed by atoms with Crippen LogP contribution in [-0.4, -0.2) is 54.5 Å². The quantitative estimate of drug-likeness (QED) is 0.0977. The van der Waals surface area contributed by atoms with E-state index in [1.165, 1.54) is 6.20 Å². The van der Waals surface area contributed by atoms with Crippen LogP contribution in [0.25, 0.3) is 11.1 Å². The van der Waals surface area contributed by atoms with E-state index in [9.17, 15) is 18.8 Å². The van der Waals surface area contributed by atoms with Gasteiger partial charge in [0.05, 0.1) is 35.3 Å². The summed E-state index contributed by atoms with van der Waals surface area (Å²) in [6.07, 6.45) is 6.83. The normalized spacial score (nSPS) is 16.0. The molecule has 1 aliphatic carbocycles. The highest BCUT2D eigenvalue weighted by Crippen LogP contribution is 2.45. The van der Waals surface area contributed by atoms with Crippen molar-refractivity contribution in [3.05, 3.63) is 105 Å². The number of likely N-dealkylation sites (tertiary alicyclic amines) is 1. The van der Waals surface area contributed by atoms with Crippen LogP contribution in [0.5, 0.6) is 17.2 Å². The molecular weight excluding hydrogens is 723 g/mol. The molecule has 3 N–H and O–H groups in total. The molecule has 6 rings (SSSR count). The molecule has 4 aromatic rings. The zero-order valence-electron chi connectivity index (χ0n) is 29.2. The summed E-state index contributed by atoms with van der Waals surface area (Å²) >= 11 is 13.8. The summed E-state index contributed by atoms with van der Waals surface area (Å²) in [5.41, 5.74) is 11.3. The summed E-state index contributed by atoms with van der Waals surface area (Å²) in [4.78, 5) is 16.9. The van der Waals surface area contributed by atoms with Crippen LogP contribution in [0.1, 0.15) is 66.0 Å². The second-order valence-corrected chi connectivity index (χ2v) is 14.2. The van der Waals surface area contributed by atoms with Crippen molar-refractivity contribution in [3.63, 3.8) is 0 Å². The number of alkyl halides is 2. The SMILES string of the molecule is N#Cc1cncc(COc2cc(O[C@H]3CCc4c(-c5cccc(OCCCN6CC(F)(F)C6)c5Cl)cccc43)c(Cl)cc2CNCCCCC(N)=O)c1. The summed E-state index contributed by atoms with van der Waals surface area (Å²) in [7, 11) is 0. The lowest BCUT2D eigenvalue weighted by Crippen LogP contribution is -2.56. The van der Waals surface area contributed by atoms with Crippen molar-refractivity contribution >= 4 is 29.1 Å². The first-order valence-corrected chi connectivity index (χ1v) is 18.4. The number of hydrogen-bond donors (Lipinski definition) is 2. The van der Waals surface area contributed by atoms with E-state index in [-0.39, 0.29) is 31.7 Å². The number of amides is 1. The molecule has 0 saturated carbocycles. The molecule has 53 heavy (non-hydrogen) atoms. The van der Waals surface area contributed by atoms with Gasteiger partial charge in [-0.3, -0.25) is 14.7 Å². The summed E-state index contributed by atoms with van der Waals surface area (Å²) < 4.78 is 45.2. The van der Waals surface area contributed by atoms with Gasteiger partial charge in [-0.15, -0.1) is 0 Å². The third kappa shape index (κ3) is 9.95. The van der Waals surface area contributed by atoms with E-state index in [2.05, 4.69) is 22.4 Å². The highest BCUT2D eigenvalue weighted by molar-refractivity contribution is 6.35. The van der Waals surface area contributed by atoms with E-state index in [0.29, 0.717) is 78.4 Å². The Morgan fingerprint density at radius 2 is 1.83 bits per heavy atom. The number of nitriles is 1. The topological polar surface area (TPSA) is 123 Å². The summed E-state index contributed by atoms with van der Waals surface area (Å²) in [5, 5.41) is 13.6. The Labute approximate surface area is 317 Å². The maximum atomic E-state index is 13.2. The Morgan fingerprint density at radius 1 is 1.02 bits per heavy atom. The number of nitrogens with one attached hydrogen (secondary N) is 1. The maximum absolute atomic E-state index is 13.2. The van der Waals surface area contributed by atoms with Gasteiger partial charge in [0.2, 0.25) is 5.91 Å². The number of hydrogen-bond acceptors (Lipinski definition) is 8. The third-order valence-corrected chi connectivity index (χ3v) is 9.99. The van der Waals surface area contributed by atoms with Gasteiger partial charge in [0, 0.05) is 54.7 Å². The minimum atomic E-state index is -2.58. The molecule has 0 radical (unpaired) electrons. The van der Waals surface area contributed by atoms with Crippen molar-refractivity contribution in [1.29, 1.82) is 5.26 Å². The molecule has 2 heterocycles. The van der Waals surface area contributed by atoms with Gasteiger partial charge in [-0.05, 0) is 73.5 Å². The molecular formula is C40H41Cl2F2N5O4. The number of rotatable bonds is 18. The van der Waals surface area contributed by atoms with Crippen LogP contribution in [0.3, 0.4) is 0 Å². The van der Waals surface area contributed by atoms with Gasteiger partial charge in [0.15, 0.2) is 0 Å². The molecule has 1 aromatic heterocycles. The molecule has 3 aromatic carbocycles. The lowest BCUT2D eigenvalue weighted by molar-refractivity contribution is -0.130. The Balaban J connectivity index is 1.16. The second-order valence-electron chi connectivity index (χ2n) is 13.4. The third-order valence-electron chi connectivity index (χ3n) is 9.30. The van der Waals surface area contributed by atoms with Crippen molar-refractivity contribution in [2.75, 3.05) is 32.8 Å². The predicted octanol–water partition coefficient (Wildman–Crippen LogP) is 8.04. The molecule has 0 spiro atoms. The summed E-state index contributed by atoms with van der Waals surface area (Å²) in [5.74, 6) is -1.28. The largest absolute Gasteiger partial charge is 0.492 e. The van der Waals surface area contributed by atoms with Crippen LogP contribution in [0.4, 0.5) is 8.78 Å². The number of pyridine rings is 1. The van der Waals surface area contributed by atoms with Gasteiger partial charge < -0.3 is 25.3 Å². The molecule has 13 heteroatoms. The molecule has 1 atom stereocenters. The van der Waals surface area contributed by atoms with Crippen molar-refractivity contribution in [1.82, 2.24) is 15.2 Å². The fourth-order valence-corrected chi connectivity index (χ4v) is 7.22. The number of halogens is 4. The van der Waals surface area contributed by atoms with Crippen LogP contribution < -0.4 is 25.3 Å². The van der Waals surface area contributed by atoms with Gasteiger partial charge in [-0.1, -0.05) is 53.5 Å². The number of fused-ring (bicyclic) bond motifs is 1. The van der Waals surface area contributed by atoms with Gasteiger partial charge in [0.25, 0.3) is 5.92 Å². The molecule has 1 fully saturated rings. The monoisotopic (exact) mass is 763 g/mol. The molecule has 278 valence electrons. The number of carbonyl (C=O) groups is 1. The van der Waals surface area contributed by atoms with E-state index in [4.69, 9.17) is 43.1 Å². The zero-order chi connectivity index (χ0) is 37.4. The highest BCUT2D eigenvalue weighted by Gasteiger charge is 2.43. The number of primary amides is 1. The van der Waals surface area contributed by atoms with E-state index < -0.39 is 5.92 Å². The first-order chi connectivity index (χ1) is 25.6. The van der Waals surface area contributed by atoms with E-state index >= 15 is 0 Å². The lowest BCUT2D eigenvalue weighted by atomic mass is 9.96. The number of carbonyl (C=O) groups excluding carboxylic acids is 1. The smallest absolute Gasteiger partial charge is 0.272 e. The van der Waals surface area contributed by atoms with Gasteiger partial charge in [-0.2, -0.15) is 5.26 Å². The lowest BCUT2D eigenvalue weighted by Gasteiger charge is -2.38. The number of nitrogens with zero attached hydrogens (tertiary/aromatic N) is 3. The Morgan fingerprint density at radius 3 is 2.62 bits per heavy atom. The number of ether oxygens (including phenoxy) is 3. The van der Waals surface area contributed by atoms with Gasteiger partial charge >= 0.3 is 0 Å². The Bertz CT molecular complexity index is 1970. The molecule has 2 aliphatic rings. The van der Waals surface area contributed by atoms with Crippen LogP contribution in [0.15, 0.2) is 67.0 Å². The number of benzene rings is 3. The van der Waals surface area contributed by atoms with Crippen molar-refractivity contribution in [3.8, 4) is 34.4 Å². The minimum absolute atomic E-state index is 0.186. The number of unbranched alkanes of at least 4 members (excludes halogenated alkanes) is 1.